The van der Waals surface area contributed by atoms with Crippen LogP contribution in [0.1, 0.15) is 30.6 Å². The average Bonchev–Trinajstić information content (AvgIpc) is 3.25. The fraction of sp³-hybridized carbons (Fsp3) is 0.471. The second kappa shape index (κ2) is 5.81. The molecule has 0 spiro atoms. The van der Waals surface area contributed by atoms with Crippen LogP contribution in [-0.2, 0) is 11.8 Å². The SMILES string of the molecule is CC(C)C1(C(=O)O)CCN(C(=O)c2cnn(C)c2-n2cccc2)C1. The maximum atomic E-state index is 13.0. The van der Waals surface area contributed by atoms with Crippen LogP contribution in [0.15, 0.2) is 30.7 Å². The summed E-state index contributed by atoms with van der Waals surface area (Å²) in [6.45, 7) is 4.48. The van der Waals surface area contributed by atoms with Crippen LogP contribution in [-0.4, -0.2) is 49.3 Å². The summed E-state index contributed by atoms with van der Waals surface area (Å²) in [5.41, 5.74) is -0.385. The molecule has 2 aromatic rings. The van der Waals surface area contributed by atoms with E-state index in [1.54, 1.807) is 22.8 Å². The minimum absolute atomic E-state index is 0.0365. The van der Waals surface area contributed by atoms with Gasteiger partial charge in [0, 0.05) is 32.5 Å². The van der Waals surface area contributed by atoms with E-state index in [2.05, 4.69) is 5.10 Å². The van der Waals surface area contributed by atoms with Gasteiger partial charge in [-0.25, -0.2) is 0 Å². The summed E-state index contributed by atoms with van der Waals surface area (Å²) in [5, 5.41) is 13.9. The summed E-state index contributed by atoms with van der Waals surface area (Å²) in [5.74, 6) is -0.354. The Morgan fingerprint density at radius 2 is 1.96 bits per heavy atom. The first-order valence-corrected chi connectivity index (χ1v) is 8.05. The molecule has 0 saturated carbocycles. The van der Waals surface area contributed by atoms with Crippen LogP contribution in [0.3, 0.4) is 0 Å². The van der Waals surface area contributed by atoms with Gasteiger partial charge in [0.15, 0.2) is 0 Å². The highest BCUT2D eigenvalue weighted by Crippen LogP contribution is 2.38. The van der Waals surface area contributed by atoms with Crippen molar-refractivity contribution >= 4 is 11.9 Å². The normalized spacial score (nSPS) is 20.8. The van der Waals surface area contributed by atoms with E-state index < -0.39 is 11.4 Å². The Balaban J connectivity index is 1.91. The molecule has 0 aromatic carbocycles. The first kappa shape index (κ1) is 16.3. The highest BCUT2D eigenvalue weighted by molar-refractivity contribution is 5.97. The van der Waals surface area contributed by atoms with E-state index in [9.17, 15) is 14.7 Å². The first-order valence-electron chi connectivity index (χ1n) is 8.05. The number of amides is 1. The fourth-order valence-electron chi connectivity index (χ4n) is 3.43. The molecule has 1 N–H and O–H groups in total. The van der Waals surface area contributed by atoms with Crippen molar-refractivity contribution < 1.29 is 14.7 Å². The van der Waals surface area contributed by atoms with Gasteiger partial charge >= 0.3 is 5.97 Å². The van der Waals surface area contributed by atoms with Crippen molar-refractivity contribution in [3.8, 4) is 5.82 Å². The summed E-state index contributed by atoms with van der Waals surface area (Å²) in [6.07, 6.45) is 5.74. The van der Waals surface area contributed by atoms with E-state index in [0.29, 0.717) is 24.3 Å². The van der Waals surface area contributed by atoms with Crippen LogP contribution in [0.25, 0.3) is 5.82 Å². The average molecular weight is 330 g/mol. The maximum absolute atomic E-state index is 13.0. The van der Waals surface area contributed by atoms with Crippen molar-refractivity contribution in [3.05, 3.63) is 36.3 Å². The maximum Gasteiger partial charge on any atom is 0.311 e. The predicted octanol–water partition coefficient (Wildman–Crippen LogP) is 1.78. The smallest absolute Gasteiger partial charge is 0.311 e. The highest BCUT2D eigenvalue weighted by atomic mass is 16.4. The molecule has 2 aromatic heterocycles. The number of aryl methyl sites for hydroxylation is 1. The Morgan fingerprint density at radius 3 is 2.50 bits per heavy atom. The number of aliphatic carboxylic acids is 1. The molecule has 0 bridgehead atoms. The number of aromatic nitrogens is 3. The minimum Gasteiger partial charge on any atom is -0.481 e. The Morgan fingerprint density at radius 1 is 1.29 bits per heavy atom. The molecular weight excluding hydrogens is 308 g/mol. The van der Waals surface area contributed by atoms with Crippen molar-refractivity contribution in [3.63, 3.8) is 0 Å². The molecule has 7 nitrogen and oxygen atoms in total. The zero-order valence-electron chi connectivity index (χ0n) is 14.1. The van der Waals surface area contributed by atoms with Crippen LogP contribution in [0.4, 0.5) is 0 Å². The monoisotopic (exact) mass is 330 g/mol. The van der Waals surface area contributed by atoms with Gasteiger partial charge in [0.1, 0.15) is 11.4 Å². The lowest BCUT2D eigenvalue weighted by molar-refractivity contribution is -0.150. The summed E-state index contributed by atoms with van der Waals surface area (Å²) < 4.78 is 3.49. The summed E-state index contributed by atoms with van der Waals surface area (Å²) >= 11 is 0. The molecule has 24 heavy (non-hydrogen) atoms. The summed E-state index contributed by atoms with van der Waals surface area (Å²) in [6, 6.07) is 3.76. The molecule has 3 heterocycles. The molecule has 1 saturated heterocycles. The molecule has 1 atom stereocenters. The zero-order chi connectivity index (χ0) is 17.5. The Hall–Kier alpha value is -2.57. The van der Waals surface area contributed by atoms with Gasteiger partial charge in [0.25, 0.3) is 5.91 Å². The molecule has 128 valence electrons. The van der Waals surface area contributed by atoms with E-state index in [1.807, 2.05) is 42.9 Å². The lowest BCUT2D eigenvalue weighted by atomic mass is 9.76. The van der Waals surface area contributed by atoms with Gasteiger partial charge in [0.05, 0.1) is 11.6 Å². The molecule has 1 unspecified atom stereocenters. The number of likely N-dealkylation sites (tertiary alicyclic amines) is 1. The van der Waals surface area contributed by atoms with Crippen LogP contribution in [0, 0.1) is 11.3 Å². The van der Waals surface area contributed by atoms with E-state index in [1.165, 1.54) is 0 Å². The summed E-state index contributed by atoms with van der Waals surface area (Å²) in [4.78, 5) is 26.4. The van der Waals surface area contributed by atoms with Gasteiger partial charge in [-0.2, -0.15) is 5.10 Å². The van der Waals surface area contributed by atoms with Gasteiger partial charge in [-0.15, -0.1) is 0 Å². The number of carboxylic acids is 1. The number of nitrogens with zero attached hydrogens (tertiary/aromatic N) is 4. The number of hydrogen-bond donors (Lipinski definition) is 1. The molecule has 1 fully saturated rings. The van der Waals surface area contributed by atoms with Gasteiger partial charge < -0.3 is 14.6 Å². The van der Waals surface area contributed by atoms with E-state index in [4.69, 9.17) is 0 Å². The van der Waals surface area contributed by atoms with Crippen molar-refractivity contribution in [1.82, 2.24) is 19.2 Å². The van der Waals surface area contributed by atoms with Crippen molar-refractivity contribution in [2.45, 2.75) is 20.3 Å². The molecular formula is C17H22N4O3. The number of hydrogen-bond acceptors (Lipinski definition) is 3. The number of carbonyl (C=O) groups excluding carboxylic acids is 1. The Kier molecular flexibility index (Phi) is 3.95. The number of carbonyl (C=O) groups is 2. The third-order valence-electron chi connectivity index (χ3n) is 5.11. The molecule has 1 amide bonds. The van der Waals surface area contributed by atoms with Gasteiger partial charge in [-0.1, -0.05) is 13.8 Å². The topological polar surface area (TPSA) is 80.4 Å². The van der Waals surface area contributed by atoms with Crippen LogP contribution >= 0.6 is 0 Å². The van der Waals surface area contributed by atoms with Gasteiger partial charge in [-0.05, 0) is 24.5 Å². The van der Waals surface area contributed by atoms with Crippen LogP contribution < -0.4 is 0 Å². The zero-order valence-corrected chi connectivity index (χ0v) is 14.1. The molecule has 1 aliphatic heterocycles. The van der Waals surface area contributed by atoms with Crippen LogP contribution in [0.5, 0.6) is 0 Å². The second-order valence-corrected chi connectivity index (χ2v) is 6.69. The lowest BCUT2D eigenvalue weighted by Crippen LogP contribution is -2.40. The lowest BCUT2D eigenvalue weighted by Gasteiger charge is -2.28. The van der Waals surface area contributed by atoms with Gasteiger partial charge in [-0.3, -0.25) is 14.3 Å². The molecule has 0 radical (unpaired) electrons. The Bertz CT molecular complexity index is 763. The van der Waals surface area contributed by atoms with E-state index in [-0.39, 0.29) is 18.4 Å². The largest absolute Gasteiger partial charge is 0.481 e. The molecule has 7 heteroatoms. The predicted molar refractivity (Wildman–Crippen MR) is 88.0 cm³/mol. The first-order chi connectivity index (χ1) is 11.4. The minimum atomic E-state index is -0.870. The standard InChI is InChI=1S/C17H22N4O3/c1-12(2)17(16(23)24)6-9-21(11-17)15(22)13-10-18-19(3)14(13)20-7-4-5-8-20/h4-5,7-8,10,12H,6,9,11H2,1-3H3,(H,23,24). The molecule has 0 aliphatic carbocycles. The summed E-state index contributed by atoms with van der Waals surface area (Å²) in [7, 11) is 1.78. The Labute approximate surface area is 140 Å². The third-order valence-corrected chi connectivity index (χ3v) is 5.11. The number of rotatable bonds is 4. The van der Waals surface area contributed by atoms with Crippen molar-refractivity contribution in [2.75, 3.05) is 13.1 Å². The van der Waals surface area contributed by atoms with E-state index >= 15 is 0 Å². The highest BCUT2D eigenvalue weighted by Gasteiger charge is 2.48. The van der Waals surface area contributed by atoms with E-state index in [0.717, 1.165) is 0 Å². The molecule has 3 rings (SSSR count). The second-order valence-electron chi connectivity index (χ2n) is 6.69. The fourth-order valence-corrected chi connectivity index (χ4v) is 3.43. The number of carboxylic acid groups (broad SMARTS) is 1. The van der Waals surface area contributed by atoms with Gasteiger partial charge in [0.2, 0.25) is 0 Å². The quantitative estimate of drug-likeness (QED) is 0.927. The molecule has 1 aliphatic rings. The van der Waals surface area contributed by atoms with Crippen molar-refractivity contribution in [2.24, 2.45) is 18.4 Å². The third kappa shape index (κ3) is 2.40. The van der Waals surface area contributed by atoms with Crippen molar-refractivity contribution in [1.29, 1.82) is 0 Å². The van der Waals surface area contributed by atoms with Crippen LogP contribution in [0.2, 0.25) is 0 Å².